The maximum atomic E-state index is 11.1. The van der Waals surface area contributed by atoms with E-state index in [1.165, 1.54) is 244 Å². The highest BCUT2D eigenvalue weighted by atomic mass is 16.7. The molecule has 0 aromatic heterocycles. The first kappa shape index (κ1) is 108. The number of rotatable bonds is 8. The van der Waals surface area contributed by atoms with Crippen molar-refractivity contribution in [2.75, 3.05) is 66.1 Å². The third-order valence-electron chi connectivity index (χ3n) is 27.7. The molecule has 3 rings (SSSR count). The van der Waals surface area contributed by atoms with Crippen LogP contribution in [0.1, 0.15) is 393 Å². The van der Waals surface area contributed by atoms with Gasteiger partial charge in [0.25, 0.3) is 0 Å². The van der Waals surface area contributed by atoms with Crippen molar-refractivity contribution in [1.82, 2.24) is 0 Å². The topological polar surface area (TPSA) is 236 Å². The van der Waals surface area contributed by atoms with Gasteiger partial charge in [-0.25, -0.2) is 0 Å². The molecular formula is C98H192O16. The molecule has 114 heavy (non-hydrogen) atoms. The van der Waals surface area contributed by atoms with Crippen LogP contribution in [0.2, 0.25) is 0 Å². The lowest BCUT2D eigenvalue weighted by Gasteiger charge is -2.42. The van der Waals surface area contributed by atoms with Crippen LogP contribution in [0.15, 0.2) is 0 Å². The number of hydrogen-bond acceptors (Lipinski definition) is 16. The van der Waals surface area contributed by atoms with E-state index in [4.69, 9.17) is 37.9 Å². The van der Waals surface area contributed by atoms with Gasteiger partial charge >= 0.3 is 0 Å². The molecule has 0 radical (unpaired) electrons. The molecule has 8 N–H and O–H groups in total. The predicted octanol–water partition coefficient (Wildman–Crippen LogP) is 21.8. The lowest BCUT2D eigenvalue weighted by Crippen LogP contribution is -2.61. The van der Waals surface area contributed by atoms with E-state index in [-0.39, 0.29) is 25.9 Å². The molecule has 16 heteroatoms. The molecule has 680 valence electrons. The van der Waals surface area contributed by atoms with Gasteiger partial charge in [-0.15, -0.1) is 0 Å². The standard InChI is InChI=1S/C98H192O16/c1-71-29-17-33-75(5)41-25-49-83(13)57-61-107-67-87(65-99)109-63-59-85(15)51-27-43-77(7)35-19-31-73(3)39-23-47-81(11)55-53-80(10)46-22-38-72(2)30-18-34-76(6)42-26-50-84(14)58-62-108-68-88(69-111-97-96(106)94(104)92(102)90(114-97)70-112-98-95(105)93(103)91(101)89(66-100)113-98)110-64-60-86(16)52-28-44-78(8)36-20-32-74(4)40-24-48-82(12)56-54-79(9)45-21-37-71/h71-106H,17-70H2,1-16H3/t71-,72-,73-,74+,75+,76-,77-,78-,79-,80+,81+,82+,83+,84-,85-,86-,87+,88+,89-,90-,91-,92-,93+,94+,95-,96-,97-,98-/m1/s1. The highest BCUT2D eigenvalue weighted by Gasteiger charge is 2.48. The summed E-state index contributed by atoms with van der Waals surface area (Å²) >= 11 is 0. The van der Waals surface area contributed by atoms with Gasteiger partial charge in [-0.05, 0) is 120 Å². The van der Waals surface area contributed by atoms with Crippen molar-refractivity contribution in [1.29, 1.82) is 0 Å². The summed E-state index contributed by atoms with van der Waals surface area (Å²) in [6, 6.07) is 0. The molecular weight excluding hydrogens is 1430 g/mol. The largest absolute Gasteiger partial charge is 0.394 e. The van der Waals surface area contributed by atoms with Crippen LogP contribution in [0.4, 0.5) is 0 Å². The van der Waals surface area contributed by atoms with Crippen LogP contribution in [-0.4, -0.2) is 181 Å². The maximum absolute atomic E-state index is 11.1. The smallest absolute Gasteiger partial charge is 0.186 e. The molecule has 0 aliphatic carbocycles. The van der Waals surface area contributed by atoms with Gasteiger partial charge in [-0.1, -0.05) is 368 Å². The van der Waals surface area contributed by atoms with E-state index >= 15 is 0 Å². The average molecular weight is 1630 g/mol. The number of aliphatic hydroxyl groups excluding tert-OH is 8. The Morgan fingerprint density at radius 3 is 0.693 bits per heavy atom. The van der Waals surface area contributed by atoms with Crippen LogP contribution in [0.3, 0.4) is 0 Å². The van der Waals surface area contributed by atoms with Gasteiger partial charge in [0.2, 0.25) is 0 Å². The second kappa shape index (κ2) is 65.9. The Kier molecular flexibility index (Phi) is 62.2. The fourth-order valence-corrected chi connectivity index (χ4v) is 18.2. The van der Waals surface area contributed by atoms with E-state index in [9.17, 15) is 40.9 Å². The van der Waals surface area contributed by atoms with E-state index in [2.05, 4.69) is 111 Å². The van der Waals surface area contributed by atoms with Gasteiger partial charge < -0.3 is 78.7 Å². The SMILES string of the molecule is C[C@@H]1CCC[C@@H](C)CCC[C@H](C)CC[C@@H](C)CCC[C@H](C)CCC[C@@H](C)CCC[C@@H](C)CCO[C@@H](CO)COCC[C@@H](C)CCC[C@@H](C)CCC[C@@H](C)CCC[C@@H](C)CC[C@@H](C)CCC[C@@H](C)CCC[C@@H](C)CCC[C@@H](C)CCO[C@H](CO[C@@H]2O[C@H](CO[C@@H]3O[C@H](CO)[C@@H](O)[C@H](O)[C@H]3O)[C@@H](O)[C@H](O)[C@H]2O)COCC[C@H](C)CCC1. The molecule has 0 aromatic carbocycles. The highest BCUT2D eigenvalue weighted by Crippen LogP contribution is 2.33. The third-order valence-corrected chi connectivity index (χ3v) is 27.7. The number of hydrogen-bond donors (Lipinski definition) is 8. The average Bonchev–Trinajstić information content (AvgIpc) is 0.808. The second-order valence-corrected chi connectivity index (χ2v) is 40.4. The summed E-state index contributed by atoms with van der Waals surface area (Å²) in [5.41, 5.74) is 0. The minimum atomic E-state index is -1.67. The second-order valence-electron chi connectivity index (χ2n) is 40.4. The molecule has 0 saturated carbocycles. The predicted molar refractivity (Wildman–Crippen MR) is 470 cm³/mol. The summed E-state index contributed by atoms with van der Waals surface area (Å²) in [6.45, 7) is 41.3. The highest BCUT2D eigenvalue weighted by molar-refractivity contribution is 4.92. The lowest BCUT2D eigenvalue weighted by molar-refractivity contribution is -0.333. The first-order valence-corrected chi connectivity index (χ1v) is 48.8. The van der Waals surface area contributed by atoms with Crippen LogP contribution < -0.4 is 0 Å². The van der Waals surface area contributed by atoms with Gasteiger partial charge in [0.1, 0.15) is 61.0 Å². The van der Waals surface area contributed by atoms with Crippen molar-refractivity contribution in [3.63, 3.8) is 0 Å². The summed E-state index contributed by atoms with van der Waals surface area (Å²) in [7, 11) is 0. The Balaban J connectivity index is 1.48. The van der Waals surface area contributed by atoms with Crippen molar-refractivity contribution in [2.45, 2.75) is 467 Å². The Morgan fingerprint density at radius 2 is 0.430 bits per heavy atom. The van der Waals surface area contributed by atoms with Gasteiger partial charge in [0.15, 0.2) is 12.6 Å². The summed E-state index contributed by atoms with van der Waals surface area (Å²) in [5.74, 6) is 11.8. The van der Waals surface area contributed by atoms with Crippen LogP contribution in [0, 0.1) is 94.7 Å². The van der Waals surface area contributed by atoms with E-state index in [1.54, 1.807) is 0 Å². The zero-order valence-corrected chi connectivity index (χ0v) is 77.2. The van der Waals surface area contributed by atoms with Crippen LogP contribution in [0.5, 0.6) is 0 Å². The zero-order chi connectivity index (χ0) is 84.0. The lowest BCUT2D eigenvalue weighted by atomic mass is 9.88. The molecule has 0 unspecified atom stereocenters. The fraction of sp³-hybridized carbons (Fsp3) is 1.00. The van der Waals surface area contributed by atoms with Crippen LogP contribution in [0.25, 0.3) is 0 Å². The summed E-state index contributed by atoms with van der Waals surface area (Å²) in [4.78, 5) is 0. The molecule has 3 heterocycles. The molecule has 28 atom stereocenters. The normalized spacial score (nSPS) is 39.6. The third kappa shape index (κ3) is 52.1. The Labute approximate surface area is 702 Å². The van der Waals surface area contributed by atoms with Gasteiger partial charge in [0, 0.05) is 26.4 Å². The minimum absolute atomic E-state index is 0.00921. The van der Waals surface area contributed by atoms with Gasteiger partial charge in [-0.3, -0.25) is 0 Å². The van der Waals surface area contributed by atoms with Gasteiger partial charge in [0.05, 0.1) is 39.6 Å². The summed E-state index contributed by atoms with van der Waals surface area (Å²) in [5, 5.41) is 83.8. The fourth-order valence-electron chi connectivity index (χ4n) is 18.2. The van der Waals surface area contributed by atoms with Gasteiger partial charge in [-0.2, -0.15) is 0 Å². The monoisotopic (exact) mass is 1630 g/mol. The molecule has 0 amide bonds. The van der Waals surface area contributed by atoms with E-state index < -0.39 is 80.7 Å². The summed E-state index contributed by atoms with van der Waals surface area (Å²) < 4.78 is 48.3. The summed E-state index contributed by atoms with van der Waals surface area (Å²) in [6.07, 6.45) is 41.1. The van der Waals surface area contributed by atoms with E-state index in [1.807, 2.05) is 0 Å². The number of aliphatic hydroxyl groups is 8. The van der Waals surface area contributed by atoms with E-state index in [0.717, 1.165) is 110 Å². The Hall–Kier alpha value is -0.640. The molecule has 3 fully saturated rings. The molecule has 16 nitrogen and oxygen atoms in total. The molecule has 3 aliphatic heterocycles. The molecule has 0 aromatic rings. The van der Waals surface area contributed by atoms with Crippen LogP contribution >= 0.6 is 0 Å². The zero-order valence-electron chi connectivity index (χ0n) is 77.2. The Bertz CT molecular complexity index is 2160. The first-order valence-electron chi connectivity index (χ1n) is 48.8. The quantitative estimate of drug-likeness (QED) is 0.113. The van der Waals surface area contributed by atoms with Crippen molar-refractivity contribution >= 4 is 0 Å². The molecule has 0 spiro atoms. The van der Waals surface area contributed by atoms with Crippen molar-refractivity contribution in [3.8, 4) is 0 Å². The molecule has 0 bridgehead atoms. The van der Waals surface area contributed by atoms with E-state index in [0.29, 0.717) is 56.0 Å². The van der Waals surface area contributed by atoms with Crippen LogP contribution in [-0.2, 0) is 37.9 Å². The minimum Gasteiger partial charge on any atom is -0.394 e. The van der Waals surface area contributed by atoms with Crippen molar-refractivity contribution < 1.29 is 78.7 Å². The number of ether oxygens (including phenoxy) is 8. The first-order chi connectivity index (χ1) is 54.6. The van der Waals surface area contributed by atoms with Crippen molar-refractivity contribution in [2.24, 2.45) is 94.7 Å². The molecule has 3 saturated heterocycles. The molecule has 3 aliphatic rings. The maximum Gasteiger partial charge on any atom is 0.186 e. The van der Waals surface area contributed by atoms with Crippen molar-refractivity contribution in [3.05, 3.63) is 0 Å². The Morgan fingerprint density at radius 1 is 0.219 bits per heavy atom.